The molecule has 0 radical (unpaired) electrons. The second-order valence-corrected chi connectivity index (χ2v) is 6.14. The summed E-state index contributed by atoms with van der Waals surface area (Å²) in [5, 5.41) is 0. The van der Waals surface area contributed by atoms with Crippen molar-refractivity contribution in [3.8, 4) is 5.75 Å². The van der Waals surface area contributed by atoms with Crippen LogP contribution in [-0.4, -0.2) is 29.4 Å². The third kappa shape index (κ3) is 3.52. The Morgan fingerprint density at radius 1 is 1.35 bits per heavy atom. The molecule has 0 fully saturated rings. The van der Waals surface area contributed by atoms with Crippen molar-refractivity contribution in [3.05, 3.63) is 59.4 Å². The molecule has 1 unspecified atom stereocenters. The second-order valence-electron chi connectivity index (χ2n) is 6.14. The van der Waals surface area contributed by atoms with Crippen molar-refractivity contribution in [1.82, 2.24) is 9.88 Å². The first-order valence-corrected chi connectivity index (χ1v) is 8.00. The summed E-state index contributed by atoms with van der Waals surface area (Å²) >= 11 is 0. The number of hydrogen-bond acceptors (Lipinski definition) is 3. The van der Waals surface area contributed by atoms with E-state index in [-0.39, 0.29) is 11.8 Å². The average molecular weight is 310 g/mol. The van der Waals surface area contributed by atoms with E-state index < -0.39 is 0 Å². The van der Waals surface area contributed by atoms with E-state index in [2.05, 4.69) is 4.98 Å². The quantitative estimate of drug-likeness (QED) is 0.875. The van der Waals surface area contributed by atoms with Crippen LogP contribution in [0.5, 0.6) is 5.75 Å². The highest BCUT2D eigenvalue weighted by atomic mass is 16.5. The number of amides is 1. The fourth-order valence-corrected chi connectivity index (χ4v) is 3.03. The first kappa shape index (κ1) is 15.5. The zero-order valence-electron chi connectivity index (χ0n) is 13.7. The van der Waals surface area contributed by atoms with Crippen LogP contribution in [0, 0.1) is 12.8 Å². The van der Waals surface area contributed by atoms with Gasteiger partial charge in [-0.15, -0.1) is 0 Å². The van der Waals surface area contributed by atoms with Gasteiger partial charge < -0.3 is 9.64 Å². The average Bonchev–Trinajstić information content (AvgIpc) is 2.78. The van der Waals surface area contributed by atoms with Crippen molar-refractivity contribution in [3.63, 3.8) is 0 Å². The van der Waals surface area contributed by atoms with Crippen LogP contribution in [0.2, 0.25) is 0 Å². The van der Waals surface area contributed by atoms with Crippen LogP contribution < -0.4 is 4.74 Å². The van der Waals surface area contributed by atoms with Crippen molar-refractivity contribution in [2.75, 3.05) is 13.7 Å². The molecule has 1 amide bonds. The van der Waals surface area contributed by atoms with Crippen LogP contribution >= 0.6 is 0 Å². The van der Waals surface area contributed by atoms with Gasteiger partial charge >= 0.3 is 0 Å². The van der Waals surface area contributed by atoms with Gasteiger partial charge in [-0.25, -0.2) is 0 Å². The number of fused-ring (bicyclic) bond motifs is 1. The normalized spacial score (nSPS) is 16.9. The van der Waals surface area contributed by atoms with Crippen molar-refractivity contribution in [1.29, 1.82) is 0 Å². The SMILES string of the molecule is Cc1cnccc1CN(C)C(=O)C1CCOc2ccccc2C1. The molecular formula is C19H22N2O2. The molecule has 1 atom stereocenters. The minimum Gasteiger partial charge on any atom is -0.493 e. The number of aromatic nitrogens is 1. The number of pyridine rings is 1. The summed E-state index contributed by atoms with van der Waals surface area (Å²) in [6.45, 7) is 3.23. The largest absolute Gasteiger partial charge is 0.493 e. The monoisotopic (exact) mass is 310 g/mol. The Kier molecular flexibility index (Phi) is 4.60. The van der Waals surface area contributed by atoms with Crippen LogP contribution in [0.15, 0.2) is 42.7 Å². The molecule has 0 aliphatic carbocycles. The summed E-state index contributed by atoms with van der Waals surface area (Å²) in [7, 11) is 1.87. The maximum atomic E-state index is 12.8. The topological polar surface area (TPSA) is 42.4 Å². The molecule has 1 aliphatic heterocycles. The van der Waals surface area contributed by atoms with Gasteiger partial charge in [0.2, 0.25) is 5.91 Å². The molecule has 1 aliphatic rings. The number of aryl methyl sites for hydroxylation is 1. The highest BCUT2D eigenvalue weighted by Gasteiger charge is 2.26. The van der Waals surface area contributed by atoms with Gasteiger partial charge in [0.1, 0.15) is 5.75 Å². The zero-order chi connectivity index (χ0) is 16.2. The molecule has 1 aromatic carbocycles. The molecule has 4 nitrogen and oxygen atoms in total. The Morgan fingerprint density at radius 2 is 2.17 bits per heavy atom. The van der Waals surface area contributed by atoms with E-state index in [1.54, 1.807) is 6.20 Å². The number of hydrogen-bond donors (Lipinski definition) is 0. The van der Waals surface area contributed by atoms with E-state index in [0.29, 0.717) is 13.2 Å². The Morgan fingerprint density at radius 3 is 3.00 bits per heavy atom. The minimum absolute atomic E-state index is 0.0224. The molecule has 3 rings (SSSR count). The summed E-state index contributed by atoms with van der Waals surface area (Å²) in [6.07, 6.45) is 5.11. The van der Waals surface area contributed by atoms with Crippen LogP contribution in [0.3, 0.4) is 0 Å². The van der Waals surface area contributed by atoms with Gasteiger partial charge in [-0.1, -0.05) is 18.2 Å². The van der Waals surface area contributed by atoms with Crippen molar-refractivity contribution in [2.24, 2.45) is 5.92 Å². The van der Waals surface area contributed by atoms with E-state index >= 15 is 0 Å². The molecular weight excluding hydrogens is 288 g/mol. The molecule has 0 bridgehead atoms. The predicted molar refractivity (Wildman–Crippen MR) is 89.2 cm³/mol. The highest BCUT2D eigenvalue weighted by molar-refractivity contribution is 5.79. The van der Waals surface area contributed by atoms with E-state index in [9.17, 15) is 4.79 Å². The maximum Gasteiger partial charge on any atom is 0.226 e. The van der Waals surface area contributed by atoms with Gasteiger partial charge in [0.15, 0.2) is 0 Å². The van der Waals surface area contributed by atoms with E-state index in [1.165, 1.54) is 0 Å². The second kappa shape index (κ2) is 6.82. The Bertz CT molecular complexity index is 699. The third-order valence-corrected chi connectivity index (χ3v) is 4.43. The van der Waals surface area contributed by atoms with Crippen molar-refractivity contribution < 1.29 is 9.53 Å². The lowest BCUT2D eigenvalue weighted by Gasteiger charge is -2.23. The Hall–Kier alpha value is -2.36. The Labute approximate surface area is 137 Å². The van der Waals surface area contributed by atoms with E-state index in [1.807, 2.05) is 55.4 Å². The smallest absolute Gasteiger partial charge is 0.226 e. The van der Waals surface area contributed by atoms with E-state index in [4.69, 9.17) is 4.74 Å². The number of rotatable bonds is 3. The van der Waals surface area contributed by atoms with Crippen LogP contribution in [-0.2, 0) is 17.8 Å². The van der Waals surface area contributed by atoms with Crippen molar-refractivity contribution >= 4 is 5.91 Å². The van der Waals surface area contributed by atoms with Gasteiger partial charge in [-0.05, 0) is 48.6 Å². The first-order valence-electron chi connectivity index (χ1n) is 8.00. The minimum atomic E-state index is -0.0224. The molecule has 0 spiro atoms. The number of carbonyl (C=O) groups is 1. The van der Waals surface area contributed by atoms with Crippen LogP contribution in [0.25, 0.3) is 0 Å². The summed E-state index contributed by atoms with van der Waals surface area (Å²) < 4.78 is 5.77. The standard InChI is InChI=1S/C19H22N2O2/c1-14-12-20-9-7-17(14)13-21(2)19(22)16-8-10-23-18-6-4-3-5-15(18)11-16/h3-7,9,12,16H,8,10-11,13H2,1-2H3. The highest BCUT2D eigenvalue weighted by Crippen LogP contribution is 2.27. The van der Waals surface area contributed by atoms with Gasteiger partial charge in [0.05, 0.1) is 6.61 Å². The number of para-hydroxylation sites is 1. The summed E-state index contributed by atoms with van der Waals surface area (Å²) in [5.41, 5.74) is 3.37. The lowest BCUT2D eigenvalue weighted by Crippen LogP contribution is -2.34. The molecule has 0 saturated carbocycles. The number of nitrogens with zero attached hydrogens (tertiary/aromatic N) is 2. The molecule has 2 heterocycles. The van der Waals surface area contributed by atoms with Crippen LogP contribution in [0.1, 0.15) is 23.1 Å². The van der Waals surface area contributed by atoms with Gasteiger partial charge in [-0.3, -0.25) is 9.78 Å². The maximum absolute atomic E-state index is 12.8. The molecule has 4 heteroatoms. The third-order valence-electron chi connectivity index (χ3n) is 4.43. The molecule has 120 valence electrons. The molecule has 1 aromatic heterocycles. The lowest BCUT2D eigenvalue weighted by molar-refractivity contribution is -0.135. The van der Waals surface area contributed by atoms with Crippen molar-refractivity contribution in [2.45, 2.75) is 26.3 Å². The predicted octanol–water partition coefficient (Wildman–Crippen LogP) is 2.99. The Balaban J connectivity index is 1.71. The summed E-state index contributed by atoms with van der Waals surface area (Å²) in [6, 6.07) is 9.98. The molecule has 23 heavy (non-hydrogen) atoms. The summed E-state index contributed by atoms with van der Waals surface area (Å²) in [4.78, 5) is 18.8. The number of carbonyl (C=O) groups excluding carboxylic acids is 1. The van der Waals surface area contributed by atoms with E-state index in [0.717, 1.165) is 35.3 Å². The summed E-state index contributed by atoms with van der Waals surface area (Å²) in [5.74, 6) is 1.07. The van der Waals surface area contributed by atoms with Crippen LogP contribution in [0.4, 0.5) is 0 Å². The molecule has 0 N–H and O–H groups in total. The zero-order valence-corrected chi connectivity index (χ0v) is 13.7. The van der Waals surface area contributed by atoms with Gasteiger partial charge in [0, 0.05) is 31.9 Å². The van der Waals surface area contributed by atoms with Gasteiger partial charge in [0.25, 0.3) is 0 Å². The lowest BCUT2D eigenvalue weighted by atomic mass is 9.95. The fraction of sp³-hybridized carbons (Fsp3) is 0.368. The fourth-order valence-electron chi connectivity index (χ4n) is 3.03. The number of ether oxygens (including phenoxy) is 1. The molecule has 0 saturated heterocycles. The van der Waals surface area contributed by atoms with Gasteiger partial charge in [-0.2, -0.15) is 0 Å². The number of benzene rings is 1. The first-order chi connectivity index (χ1) is 11.1. The molecule has 2 aromatic rings.